The zero-order chi connectivity index (χ0) is 15.2. The van der Waals surface area contributed by atoms with Crippen LogP contribution in [0.3, 0.4) is 0 Å². The SMILES string of the molecule is CCC(CO)[n+]1c(C)cc(C)cc1C.[O-][Cl+3]([O-])([O-])[O-]. The lowest BCUT2D eigenvalue weighted by molar-refractivity contribution is -2.00. The number of hydrogen-bond acceptors (Lipinski definition) is 5. The molecule has 0 saturated heterocycles. The molecule has 7 heteroatoms. The summed E-state index contributed by atoms with van der Waals surface area (Å²) in [7, 11) is -4.94. The highest BCUT2D eigenvalue weighted by Crippen LogP contribution is 2.08. The van der Waals surface area contributed by atoms with Gasteiger partial charge in [0, 0.05) is 32.4 Å². The topological polar surface area (TPSA) is 116 Å². The predicted octanol–water partition coefficient (Wildman–Crippen LogP) is -2.91. The molecule has 1 rings (SSSR count). The van der Waals surface area contributed by atoms with E-state index >= 15 is 0 Å². The van der Waals surface area contributed by atoms with Crippen molar-refractivity contribution in [1.82, 2.24) is 0 Å². The molecule has 1 unspecified atom stereocenters. The van der Waals surface area contributed by atoms with Gasteiger partial charge >= 0.3 is 0 Å². The molecule has 0 radical (unpaired) electrons. The Labute approximate surface area is 115 Å². The lowest BCUT2D eigenvalue weighted by Crippen LogP contribution is -2.68. The molecule has 0 bridgehead atoms. The molecule has 0 saturated carbocycles. The first-order valence-corrected chi connectivity index (χ1v) is 7.05. The molecule has 0 aliphatic rings. The summed E-state index contributed by atoms with van der Waals surface area (Å²) in [4.78, 5) is 0. The van der Waals surface area contributed by atoms with Crippen LogP contribution in [-0.4, -0.2) is 11.7 Å². The van der Waals surface area contributed by atoms with Gasteiger partial charge < -0.3 is 5.11 Å². The summed E-state index contributed by atoms with van der Waals surface area (Å²) in [6, 6.07) is 4.53. The third kappa shape index (κ3) is 7.41. The minimum absolute atomic E-state index is 0.214. The number of pyridine rings is 1. The highest BCUT2D eigenvalue weighted by Gasteiger charge is 2.20. The van der Waals surface area contributed by atoms with Crippen molar-refractivity contribution in [1.29, 1.82) is 0 Å². The molecule has 1 aromatic rings. The van der Waals surface area contributed by atoms with Gasteiger partial charge in [-0.05, 0) is 12.5 Å². The lowest BCUT2D eigenvalue weighted by atomic mass is 10.1. The molecule has 0 aromatic carbocycles. The minimum Gasteiger partial charge on any atom is -0.389 e. The first-order chi connectivity index (χ1) is 8.60. The van der Waals surface area contributed by atoms with E-state index in [1.807, 2.05) is 0 Å². The van der Waals surface area contributed by atoms with Crippen molar-refractivity contribution >= 4 is 0 Å². The number of aliphatic hydroxyl groups excluding tert-OH is 1. The second-order valence-electron chi connectivity index (χ2n) is 4.31. The Hall–Kier alpha value is -0.760. The van der Waals surface area contributed by atoms with E-state index in [1.54, 1.807) is 0 Å². The van der Waals surface area contributed by atoms with E-state index in [2.05, 4.69) is 44.4 Å². The second-order valence-corrected chi connectivity index (χ2v) is 5.06. The van der Waals surface area contributed by atoms with Crippen LogP contribution in [0.4, 0.5) is 0 Å². The van der Waals surface area contributed by atoms with Gasteiger partial charge in [0.15, 0.2) is 17.4 Å². The standard InChI is InChI=1S/C12H20NO.ClHO4/c1-5-12(8-14)13-10(3)6-9(2)7-11(13)4;2-1(3,4)5/h6-7,12,14H,5,8H2,1-4H3;(H,2,3,4,5)/q+1;/p-1. The highest BCUT2D eigenvalue weighted by atomic mass is 35.7. The third-order valence-electron chi connectivity index (χ3n) is 2.68. The Morgan fingerprint density at radius 2 is 1.47 bits per heavy atom. The number of hydrogen-bond donors (Lipinski definition) is 1. The Morgan fingerprint density at radius 1 is 1.11 bits per heavy atom. The quantitative estimate of drug-likeness (QED) is 0.600. The van der Waals surface area contributed by atoms with E-state index in [0.29, 0.717) is 0 Å². The summed E-state index contributed by atoms with van der Waals surface area (Å²) in [5.41, 5.74) is 3.73. The van der Waals surface area contributed by atoms with Crippen molar-refractivity contribution in [3.8, 4) is 0 Å². The van der Waals surface area contributed by atoms with E-state index in [1.165, 1.54) is 17.0 Å². The number of rotatable bonds is 3. The Bertz CT molecular complexity index is 373. The van der Waals surface area contributed by atoms with Crippen LogP contribution in [0, 0.1) is 31.0 Å². The van der Waals surface area contributed by atoms with Crippen molar-refractivity contribution < 1.29 is 38.6 Å². The first-order valence-electron chi connectivity index (χ1n) is 5.82. The summed E-state index contributed by atoms with van der Waals surface area (Å²) in [6.07, 6.45) is 0.964. The number of aliphatic hydroxyl groups is 1. The van der Waals surface area contributed by atoms with E-state index in [-0.39, 0.29) is 12.6 Å². The van der Waals surface area contributed by atoms with Gasteiger partial charge in [0.1, 0.15) is 6.61 Å². The van der Waals surface area contributed by atoms with Crippen LogP contribution in [0.15, 0.2) is 12.1 Å². The number of aromatic nitrogens is 1. The second kappa shape index (κ2) is 7.74. The maximum Gasteiger partial charge on any atom is 0.181 e. The van der Waals surface area contributed by atoms with Crippen LogP contribution in [0.2, 0.25) is 0 Å². The van der Waals surface area contributed by atoms with Crippen molar-refractivity contribution in [2.75, 3.05) is 6.61 Å². The Kier molecular flexibility index (Phi) is 7.43. The molecule has 1 aromatic heterocycles. The number of halogens is 1. The summed E-state index contributed by atoms with van der Waals surface area (Å²) < 4.78 is 36.2. The highest BCUT2D eigenvalue weighted by molar-refractivity contribution is 5.13. The maximum atomic E-state index is 9.28. The Balaban J connectivity index is 0.000000555. The fourth-order valence-electron chi connectivity index (χ4n) is 2.09. The number of aryl methyl sites for hydroxylation is 3. The van der Waals surface area contributed by atoms with Crippen molar-refractivity contribution in [3.05, 3.63) is 29.1 Å². The molecule has 1 N–H and O–H groups in total. The summed E-state index contributed by atoms with van der Waals surface area (Å²) in [5, 5.41) is 9.28. The average molecular weight is 294 g/mol. The van der Waals surface area contributed by atoms with Crippen molar-refractivity contribution in [2.45, 2.75) is 40.2 Å². The van der Waals surface area contributed by atoms with E-state index < -0.39 is 10.2 Å². The molecule has 6 nitrogen and oxygen atoms in total. The molecule has 0 aliphatic heterocycles. The summed E-state index contributed by atoms with van der Waals surface area (Å²) in [5.74, 6) is 0. The minimum atomic E-state index is -4.94. The summed E-state index contributed by atoms with van der Waals surface area (Å²) >= 11 is 0. The maximum absolute atomic E-state index is 9.28. The Morgan fingerprint density at radius 3 is 1.74 bits per heavy atom. The van der Waals surface area contributed by atoms with Gasteiger partial charge in [-0.3, -0.25) is 0 Å². The van der Waals surface area contributed by atoms with Crippen LogP contribution in [0.1, 0.15) is 36.3 Å². The molecule has 0 aliphatic carbocycles. The van der Waals surface area contributed by atoms with Gasteiger partial charge in [0.25, 0.3) is 0 Å². The average Bonchev–Trinajstić information content (AvgIpc) is 2.20. The first kappa shape index (κ1) is 18.2. The van der Waals surface area contributed by atoms with Gasteiger partial charge in [-0.2, -0.15) is 4.57 Å². The van der Waals surface area contributed by atoms with E-state index in [9.17, 15) is 5.11 Å². The zero-order valence-electron chi connectivity index (χ0n) is 11.6. The molecule has 1 heterocycles. The van der Waals surface area contributed by atoms with Gasteiger partial charge in [-0.1, -0.05) is 6.92 Å². The monoisotopic (exact) mass is 293 g/mol. The molecular formula is C12H20ClNO5. The molecular weight excluding hydrogens is 274 g/mol. The molecule has 0 spiro atoms. The van der Waals surface area contributed by atoms with Gasteiger partial charge in [-0.25, -0.2) is 18.6 Å². The summed E-state index contributed by atoms with van der Waals surface area (Å²) in [6.45, 7) is 8.61. The van der Waals surface area contributed by atoms with Crippen LogP contribution < -0.4 is 23.2 Å². The fraction of sp³-hybridized carbons (Fsp3) is 0.583. The van der Waals surface area contributed by atoms with Gasteiger partial charge in [0.2, 0.25) is 0 Å². The lowest BCUT2D eigenvalue weighted by Gasteiger charge is -2.17. The normalized spacial score (nSPS) is 12.7. The van der Waals surface area contributed by atoms with Crippen molar-refractivity contribution in [3.63, 3.8) is 0 Å². The fourth-order valence-corrected chi connectivity index (χ4v) is 2.09. The van der Waals surface area contributed by atoms with Gasteiger partial charge in [0.05, 0.1) is 0 Å². The van der Waals surface area contributed by atoms with Gasteiger partial charge in [-0.15, -0.1) is 10.2 Å². The smallest absolute Gasteiger partial charge is 0.181 e. The molecule has 19 heavy (non-hydrogen) atoms. The van der Waals surface area contributed by atoms with Crippen LogP contribution >= 0.6 is 0 Å². The largest absolute Gasteiger partial charge is 0.389 e. The van der Waals surface area contributed by atoms with Crippen molar-refractivity contribution in [2.24, 2.45) is 0 Å². The molecule has 0 amide bonds. The molecule has 1 atom stereocenters. The zero-order valence-corrected chi connectivity index (χ0v) is 12.3. The molecule has 0 fully saturated rings. The predicted molar refractivity (Wildman–Crippen MR) is 57.3 cm³/mol. The van der Waals surface area contributed by atoms with Crippen LogP contribution in [-0.2, 0) is 0 Å². The van der Waals surface area contributed by atoms with E-state index in [0.717, 1.165) is 6.42 Å². The van der Waals surface area contributed by atoms with Crippen LogP contribution in [0.5, 0.6) is 0 Å². The van der Waals surface area contributed by atoms with E-state index in [4.69, 9.17) is 18.6 Å². The third-order valence-corrected chi connectivity index (χ3v) is 2.68. The number of nitrogens with zero attached hydrogens (tertiary/aromatic N) is 1. The molecule has 110 valence electrons. The van der Waals surface area contributed by atoms with Crippen LogP contribution in [0.25, 0.3) is 0 Å².